The lowest BCUT2D eigenvalue weighted by atomic mass is 10.7. The fourth-order valence-corrected chi connectivity index (χ4v) is 0.278. The lowest BCUT2D eigenvalue weighted by Gasteiger charge is -1.49. The molecular formula is C14H35N. The van der Waals surface area contributed by atoms with Crippen molar-refractivity contribution in [2.24, 2.45) is 0 Å². The fourth-order valence-electron chi connectivity index (χ4n) is 0.278. The summed E-state index contributed by atoms with van der Waals surface area (Å²) in [5.74, 6) is 0. The molecule has 0 saturated heterocycles. The summed E-state index contributed by atoms with van der Waals surface area (Å²) in [6, 6.07) is 3.89. The molecular weight excluding hydrogens is 182 g/mol. The molecule has 1 N–H and O–H groups in total. The number of hydrogen-bond acceptors (Lipinski definition) is 0. The third-order valence-electron chi connectivity index (χ3n) is 0.496. The van der Waals surface area contributed by atoms with Crippen LogP contribution in [-0.2, 0) is 0 Å². The third kappa shape index (κ3) is 92.2. The monoisotopic (exact) mass is 217 g/mol. The zero-order valence-corrected chi connectivity index (χ0v) is 12.8. The Morgan fingerprint density at radius 1 is 0.467 bits per heavy atom. The highest BCUT2D eigenvalue weighted by Crippen LogP contribution is 1.72. The average Bonchev–Trinajstić information content (AvgIpc) is 3.00. The number of aromatic amines is 1. The second kappa shape index (κ2) is 109. The van der Waals surface area contributed by atoms with Gasteiger partial charge in [0.1, 0.15) is 0 Å². The van der Waals surface area contributed by atoms with Crippen molar-refractivity contribution in [3.8, 4) is 0 Å². The van der Waals surface area contributed by atoms with Gasteiger partial charge in [0.15, 0.2) is 0 Å². The fraction of sp³-hybridized carbons (Fsp3) is 0.714. The molecule has 0 aliphatic heterocycles. The van der Waals surface area contributed by atoms with Gasteiger partial charge in [0.25, 0.3) is 0 Å². The van der Waals surface area contributed by atoms with E-state index in [0.29, 0.717) is 0 Å². The summed E-state index contributed by atoms with van der Waals surface area (Å²) in [5, 5.41) is 0. The minimum Gasteiger partial charge on any atom is -0.368 e. The van der Waals surface area contributed by atoms with Gasteiger partial charge in [-0.3, -0.25) is 0 Å². The minimum absolute atomic E-state index is 1.88. The van der Waals surface area contributed by atoms with Crippen LogP contribution in [0.1, 0.15) is 69.2 Å². The van der Waals surface area contributed by atoms with Crippen LogP contribution in [0.15, 0.2) is 24.5 Å². The Labute approximate surface area is 99.3 Å². The topological polar surface area (TPSA) is 15.8 Å². The molecule has 1 heteroatoms. The van der Waals surface area contributed by atoms with Crippen molar-refractivity contribution in [2.45, 2.75) is 69.2 Å². The van der Waals surface area contributed by atoms with Gasteiger partial charge < -0.3 is 4.98 Å². The molecule has 1 heterocycles. The molecule has 0 atom stereocenters. The highest BCUT2D eigenvalue weighted by atomic mass is 14.6. The van der Waals surface area contributed by atoms with Gasteiger partial charge >= 0.3 is 0 Å². The van der Waals surface area contributed by atoms with Crippen LogP contribution in [-0.4, -0.2) is 4.98 Å². The van der Waals surface area contributed by atoms with Crippen molar-refractivity contribution in [3.63, 3.8) is 0 Å². The second-order valence-electron chi connectivity index (χ2n) is 0.885. The van der Waals surface area contributed by atoms with Crippen LogP contribution in [0, 0.1) is 0 Å². The standard InChI is InChI=1S/C4H5N.5C2H6/c1-2-4-5-3-1;5*1-2/h1-5H;5*1-2H3. The van der Waals surface area contributed by atoms with E-state index in [1.165, 1.54) is 0 Å². The molecule has 1 aromatic heterocycles. The maximum atomic E-state index is 2.86. The number of hydrogen-bond donors (Lipinski definition) is 1. The predicted octanol–water partition coefficient (Wildman–Crippen LogP) is 6.15. The quantitative estimate of drug-likeness (QED) is 0.537. The van der Waals surface area contributed by atoms with Crippen LogP contribution in [0.5, 0.6) is 0 Å². The molecule has 0 unspecified atom stereocenters. The SMILES string of the molecule is CC.CC.CC.CC.CC.c1cc[nH]c1. The van der Waals surface area contributed by atoms with Gasteiger partial charge in [0.2, 0.25) is 0 Å². The number of H-pyrrole nitrogens is 1. The summed E-state index contributed by atoms with van der Waals surface area (Å²) in [7, 11) is 0. The van der Waals surface area contributed by atoms with Crippen molar-refractivity contribution >= 4 is 0 Å². The van der Waals surface area contributed by atoms with E-state index in [-0.39, 0.29) is 0 Å². The van der Waals surface area contributed by atoms with Gasteiger partial charge in [-0.2, -0.15) is 0 Å². The number of nitrogens with one attached hydrogen (secondary N) is 1. The van der Waals surface area contributed by atoms with Crippen LogP contribution in [0.3, 0.4) is 0 Å². The number of rotatable bonds is 0. The Balaban J connectivity index is -0.0000000295. The van der Waals surface area contributed by atoms with Gasteiger partial charge in [0, 0.05) is 12.4 Å². The molecule has 0 aliphatic rings. The Kier molecular flexibility index (Phi) is 213. The molecule has 0 aromatic carbocycles. The van der Waals surface area contributed by atoms with Crippen molar-refractivity contribution in [2.75, 3.05) is 0 Å². The largest absolute Gasteiger partial charge is 0.368 e. The molecule has 0 spiro atoms. The van der Waals surface area contributed by atoms with Crippen LogP contribution in [0.4, 0.5) is 0 Å². The Morgan fingerprint density at radius 3 is 0.733 bits per heavy atom. The van der Waals surface area contributed by atoms with Crippen LogP contribution >= 0.6 is 0 Å². The first-order chi connectivity index (χ1) is 7.50. The zero-order valence-electron chi connectivity index (χ0n) is 12.8. The Hall–Kier alpha value is -0.720. The minimum atomic E-state index is 1.88. The van der Waals surface area contributed by atoms with E-state index in [1.54, 1.807) is 0 Å². The molecule has 0 fully saturated rings. The number of aromatic nitrogens is 1. The highest BCUT2D eigenvalue weighted by Gasteiger charge is 1.55. The van der Waals surface area contributed by atoms with Gasteiger partial charge in [-0.25, -0.2) is 0 Å². The summed E-state index contributed by atoms with van der Waals surface area (Å²) >= 11 is 0. The van der Waals surface area contributed by atoms with Crippen molar-refractivity contribution in [1.82, 2.24) is 4.98 Å². The summed E-state index contributed by atoms with van der Waals surface area (Å²) in [6.45, 7) is 20.0. The molecule has 96 valence electrons. The molecule has 15 heavy (non-hydrogen) atoms. The maximum Gasteiger partial charge on any atom is 0.000496 e. The molecule has 0 amide bonds. The van der Waals surface area contributed by atoms with E-state index >= 15 is 0 Å². The van der Waals surface area contributed by atoms with Gasteiger partial charge in [-0.05, 0) is 12.1 Å². The lowest BCUT2D eigenvalue weighted by Crippen LogP contribution is -1.38. The summed E-state index contributed by atoms with van der Waals surface area (Å²) in [5.41, 5.74) is 0. The maximum absolute atomic E-state index is 2.86. The van der Waals surface area contributed by atoms with E-state index in [0.717, 1.165) is 0 Å². The third-order valence-corrected chi connectivity index (χ3v) is 0.496. The van der Waals surface area contributed by atoms with Crippen LogP contribution < -0.4 is 0 Å². The first-order valence-electron chi connectivity index (χ1n) is 6.58. The Bertz CT molecular complexity index is 61.8. The van der Waals surface area contributed by atoms with Crippen molar-refractivity contribution < 1.29 is 0 Å². The van der Waals surface area contributed by atoms with Gasteiger partial charge in [-0.15, -0.1) is 0 Å². The van der Waals surface area contributed by atoms with Crippen molar-refractivity contribution in [1.29, 1.82) is 0 Å². The van der Waals surface area contributed by atoms with E-state index in [1.807, 2.05) is 93.8 Å². The normalized spacial score (nSPS) is 4.67. The first-order valence-corrected chi connectivity index (χ1v) is 6.58. The smallest absolute Gasteiger partial charge is 0.000496 e. The lowest BCUT2D eigenvalue weighted by molar-refractivity contribution is 1.42. The van der Waals surface area contributed by atoms with E-state index in [9.17, 15) is 0 Å². The van der Waals surface area contributed by atoms with E-state index < -0.39 is 0 Å². The summed E-state index contributed by atoms with van der Waals surface area (Å²) in [4.78, 5) is 2.86. The van der Waals surface area contributed by atoms with Gasteiger partial charge in [-0.1, -0.05) is 69.2 Å². The Morgan fingerprint density at radius 2 is 0.667 bits per heavy atom. The molecule has 0 aliphatic carbocycles. The molecule has 1 aromatic rings. The van der Waals surface area contributed by atoms with Crippen LogP contribution in [0.25, 0.3) is 0 Å². The summed E-state index contributed by atoms with van der Waals surface area (Å²) in [6.07, 6.45) is 3.75. The zero-order chi connectivity index (χ0) is 13.5. The van der Waals surface area contributed by atoms with Gasteiger partial charge in [0.05, 0.1) is 0 Å². The average molecular weight is 217 g/mol. The molecule has 0 bridgehead atoms. The first kappa shape index (κ1) is 29.2. The molecule has 0 saturated carbocycles. The predicted molar refractivity (Wildman–Crippen MR) is 77.5 cm³/mol. The second-order valence-corrected chi connectivity index (χ2v) is 0.885. The van der Waals surface area contributed by atoms with Crippen LogP contribution in [0.2, 0.25) is 0 Å². The summed E-state index contributed by atoms with van der Waals surface area (Å²) < 4.78 is 0. The molecule has 0 radical (unpaired) electrons. The van der Waals surface area contributed by atoms with E-state index in [4.69, 9.17) is 0 Å². The van der Waals surface area contributed by atoms with E-state index in [2.05, 4.69) is 4.98 Å². The highest BCUT2D eigenvalue weighted by molar-refractivity contribution is 4.84. The van der Waals surface area contributed by atoms with Crippen molar-refractivity contribution in [3.05, 3.63) is 24.5 Å². The molecule has 1 nitrogen and oxygen atoms in total. The molecule has 1 rings (SSSR count).